The number of nitro groups is 1. The predicted molar refractivity (Wildman–Crippen MR) is 145 cm³/mol. The summed E-state index contributed by atoms with van der Waals surface area (Å²) >= 11 is 1.38. The lowest BCUT2D eigenvalue weighted by Crippen LogP contribution is -2.38. The summed E-state index contributed by atoms with van der Waals surface area (Å²) in [5, 5.41) is 11.7. The quantitative estimate of drug-likeness (QED) is 0.148. The van der Waals surface area contributed by atoms with Crippen molar-refractivity contribution in [1.82, 2.24) is 9.55 Å². The Morgan fingerprint density at radius 1 is 1.03 bits per heavy atom. The van der Waals surface area contributed by atoms with E-state index in [0.29, 0.717) is 10.9 Å². The number of hydrogen-bond acceptors (Lipinski definition) is 5. The summed E-state index contributed by atoms with van der Waals surface area (Å²) in [4.78, 5) is 30.5. The number of imidazole rings is 1. The fourth-order valence-corrected chi connectivity index (χ4v) is 4.80. The summed E-state index contributed by atoms with van der Waals surface area (Å²) in [5.74, 6) is 0.213. The van der Waals surface area contributed by atoms with E-state index in [1.165, 1.54) is 29.5 Å². The molecule has 0 saturated carbocycles. The van der Waals surface area contributed by atoms with Crippen LogP contribution in [0.3, 0.4) is 0 Å². The highest BCUT2D eigenvalue weighted by molar-refractivity contribution is 7.99. The maximum atomic E-state index is 13.3. The summed E-state index contributed by atoms with van der Waals surface area (Å²) in [7, 11) is 0. The van der Waals surface area contributed by atoms with Crippen LogP contribution in [0.5, 0.6) is 0 Å². The number of aromatic nitrogens is 2. The number of aryl methyl sites for hydroxylation is 1. The number of benzene rings is 3. The third-order valence-electron chi connectivity index (χ3n) is 5.81. The van der Waals surface area contributed by atoms with Gasteiger partial charge in [-0.25, -0.2) is 4.98 Å². The Hall–Kier alpha value is -3.91. The first-order valence-electron chi connectivity index (χ1n) is 11.8. The molecule has 3 aromatic carbocycles. The third kappa shape index (κ3) is 5.66. The molecule has 0 spiro atoms. The molecule has 4 aromatic rings. The Kier molecular flexibility index (Phi) is 7.85. The average molecular weight is 501 g/mol. The van der Waals surface area contributed by atoms with Crippen LogP contribution in [-0.2, 0) is 11.2 Å². The lowest BCUT2D eigenvalue weighted by Gasteiger charge is -2.26. The Bertz CT molecular complexity index is 1330. The molecule has 0 aliphatic carbocycles. The molecule has 0 aliphatic heterocycles. The first-order chi connectivity index (χ1) is 17.4. The molecule has 0 radical (unpaired) electrons. The van der Waals surface area contributed by atoms with Gasteiger partial charge in [-0.1, -0.05) is 49.0 Å². The number of non-ortho nitro benzene ring substituents is 1. The lowest BCUT2D eigenvalue weighted by molar-refractivity contribution is -0.384. The molecule has 8 heteroatoms. The number of carbonyl (C=O) groups excluding carboxylic acids is 1. The topological polar surface area (TPSA) is 81.3 Å². The molecule has 7 nitrogen and oxygen atoms in total. The van der Waals surface area contributed by atoms with Crippen molar-refractivity contribution in [3.63, 3.8) is 0 Å². The molecule has 4 rings (SSSR count). The number of anilines is 1. The molecule has 0 bridgehead atoms. The van der Waals surface area contributed by atoms with Crippen LogP contribution in [0.4, 0.5) is 11.4 Å². The van der Waals surface area contributed by atoms with Gasteiger partial charge in [-0.15, -0.1) is 0 Å². The van der Waals surface area contributed by atoms with E-state index < -0.39 is 4.92 Å². The Morgan fingerprint density at radius 2 is 1.69 bits per heavy atom. The van der Waals surface area contributed by atoms with Crippen LogP contribution in [0.1, 0.15) is 26.3 Å². The average Bonchev–Trinajstić information content (AvgIpc) is 3.32. The Labute approximate surface area is 214 Å². The van der Waals surface area contributed by atoms with Gasteiger partial charge in [0.2, 0.25) is 5.91 Å². The second-order valence-electron chi connectivity index (χ2n) is 8.58. The summed E-state index contributed by atoms with van der Waals surface area (Å²) in [6.07, 6.45) is 2.85. The molecular weight excluding hydrogens is 472 g/mol. The SMILES string of the molecule is CCc1ccc(-n2cc(-c3ccc([N+](=O)[O-])cc3)nc2SCC(=O)N(c2ccccc2)C(C)C)cc1. The zero-order valence-electron chi connectivity index (χ0n) is 20.5. The molecule has 184 valence electrons. The van der Waals surface area contributed by atoms with Crippen molar-refractivity contribution in [1.29, 1.82) is 0 Å². The molecule has 1 heterocycles. The first-order valence-corrected chi connectivity index (χ1v) is 12.8. The zero-order chi connectivity index (χ0) is 25.7. The standard InChI is InChI=1S/C28H28N4O3S/c1-4-21-10-14-23(15-11-21)30-18-26(22-12-16-25(17-13-22)32(34)35)29-28(30)36-19-27(33)31(20(2)3)24-8-6-5-7-9-24/h5-18,20H,4,19H2,1-3H3. The highest BCUT2D eigenvalue weighted by Gasteiger charge is 2.21. The van der Waals surface area contributed by atoms with Gasteiger partial charge in [-0.05, 0) is 62.2 Å². The summed E-state index contributed by atoms with van der Waals surface area (Å²) in [6.45, 7) is 6.11. The molecule has 36 heavy (non-hydrogen) atoms. The van der Waals surface area contributed by atoms with Gasteiger partial charge >= 0.3 is 0 Å². The van der Waals surface area contributed by atoms with Crippen LogP contribution < -0.4 is 4.90 Å². The molecule has 0 fully saturated rings. The molecule has 0 unspecified atom stereocenters. The molecule has 1 amide bonds. The normalized spacial score (nSPS) is 11.0. The second-order valence-corrected chi connectivity index (χ2v) is 9.53. The highest BCUT2D eigenvalue weighted by Crippen LogP contribution is 2.29. The highest BCUT2D eigenvalue weighted by atomic mass is 32.2. The molecule has 0 saturated heterocycles. The van der Waals surface area contributed by atoms with Crippen LogP contribution in [0.15, 0.2) is 90.2 Å². The predicted octanol–water partition coefficient (Wildman–Crippen LogP) is 6.54. The minimum absolute atomic E-state index is 0.00559. The molecule has 1 aromatic heterocycles. The zero-order valence-corrected chi connectivity index (χ0v) is 21.3. The van der Waals surface area contributed by atoms with Crippen molar-refractivity contribution in [2.75, 3.05) is 10.7 Å². The van der Waals surface area contributed by atoms with Crippen molar-refractivity contribution in [2.24, 2.45) is 0 Å². The van der Waals surface area contributed by atoms with E-state index in [1.807, 2.05) is 67.1 Å². The number of para-hydroxylation sites is 1. The molecule has 0 N–H and O–H groups in total. The van der Waals surface area contributed by atoms with Crippen LogP contribution in [-0.4, -0.2) is 32.2 Å². The maximum Gasteiger partial charge on any atom is 0.269 e. The minimum atomic E-state index is -0.419. The Morgan fingerprint density at radius 3 is 2.28 bits per heavy atom. The van der Waals surface area contributed by atoms with Gasteiger partial charge in [0.05, 0.1) is 16.4 Å². The number of rotatable bonds is 9. The van der Waals surface area contributed by atoms with Crippen molar-refractivity contribution in [2.45, 2.75) is 38.4 Å². The monoisotopic (exact) mass is 500 g/mol. The molecule has 0 aliphatic rings. The largest absolute Gasteiger partial charge is 0.309 e. The van der Waals surface area contributed by atoms with Crippen LogP contribution in [0.25, 0.3) is 16.9 Å². The van der Waals surface area contributed by atoms with Gasteiger partial charge < -0.3 is 4.90 Å². The number of nitrogens with zero attached hydrogens (tertiary/aromatic N) is 4. The summed E-state index contributed by atoms with van der Waals surface area (Å²) < 4.78 is 1.97. The first kappa shape index (κ1) is 25.2. The van der Waals surface area contributed by atoms with Crippen LogP contribution >= 0.6 is 11.8 Å². The fourth-order valence-electron chi connectivity index (χ4n) is 3.95. The van der Waals surface area contributed by atoms with Crippen molar-refractivity contribution >= 4 is 29.0 Å². The smallest absolute Gasteiger partial charge is 0.269 e. The van der Waals surface area contributed by atoms with Crippen molar-refractivity contribution < 1.29 is 9.72 Å². The van der Waals surface area contributed by atoms with E-state index in [-0.39, 0.29) is 23.4 Å². The van der Waals surface area contributed by atoms with E-state index in [0.717, 1.165) is 23.4 Å². The number of carbonyl (C=O) groups is 1. The van der Waals surface area contributed by atoms with Gasteiger partial charge in [0.1, 0.15) is 0 Å². The Balaban J connectivity index is 1.64. The van der Waals surface area contributed by atoms with Crippen LogP contribution in [0.2, 0.25) is 0 Å². The van der Waals surface area contributed by atoms with E-state index in [4.69, 9.17) is 4.98 Å². The number of hydrogen-bond donors (Lipinski definition) is 0. The van der Waals surface area contributed by atoms with Crippen LogP contribution in [0, 0.1) is 10.1 Å². The van der Waals surface area contributed by atoms with Gasteiger partial charge in [0.15, 0.2) is 5.16 Å². The molecular formula is C28H28N4O3S. The maximum absolute atomic E-state index is 13.3. The van der Waals surface area contributed by atoms with Gasteiger partial charge in [-0.2, -0.15) is 0 Å². The van der Waals surface area contributed by atoms with Gasteiger partial charge in [0, 0.05) is 41.3 Å². The number of nitro benzene ring substituents is 1. The van der Waals surface area contributed by atoms with Gasteiger partial charge in [0.25, 0.3) is 5.69 Å². The summed E-state index contributed by atoms with van der Waals surface area (Å²) in [6, 6.07) is 24.2. The van der Waals surface area contributed by atoms with E-state index >= 15 is 0 Å². The van der Waals surface area contributed by atoms with E-state index in [9.17, 15) is 14.9 Å². The van der Waals surface area contributed by atoms with Crippen molar-refractivity contribution in [3.05, 3.63) is 101 Å². The van der Waals surface area contributed by atoms with E-state index in [2.05, 4.69) is 19.1 Å². The summed E-state index contributed by atoms with van der Waals surface area (Å²) in [5.41, 5.74) is 4.52. The van der Waals surface area contributed by atoms with Crippen molar-refractivity contribution in [3.8, 4) is 16.9 Å². The second kappa shape index (κ2) is 11.2. The minimum Gasteiger partial charge on any atom is -0.309 e. The fraction of sp³-hybridized carbons (Fsp3) is 0.214. The number of amides is 1. The number of thioether (sulfide) groups is 1. The lowest BCUT2D eigenvalue weighted by atomic mass is 10.1. The van der Waals surface area contributed by atoms with E-state index in [1.54, 1.807) is 17.0 Å². The third-order valence-corrected chi connectivity index (χ3v) is 6.75. The molecule has 0 atom stereocenters. The van der Waals surface area contributed by atoms with Gasteiger partial charge in [-0.3, -0.25) is 19.5 Å².